The number of hydrogen-bond acceptors (Lipinski definition) is 5. The van der Waals surface area contributed by atoms with Crippen LogP contribution in [0.25, 0.3) is 0 Å². The van der Waals surface area contributed by atoms with E-state index in [0.29, 0.717) is 18.1 Å². The van der Waals surface area contributed by atoms with Gasteiger partial charge in [-0.05, 0) is 13.8 Å². The molecule has 1 atom stereocenters. The van der Waals surface area contributed by atoms with Gasteiger partial charge in [0, 0.05) is 26.3 Å². The molecule has 0 radical (unpaired) electrons. The second-order valence-corrected chi connectivity index (χ2v) is 6.13. The van der Waals surface area contributed by atoms with Crippen LogP contribution in [0.4, 0.5) is 0 Å². The molecule has 2 N–H and O–H groups in total. The molecule has 0 spiro atoms. The lowest BCUT2D eigenvalue weighted by atomic mass is 10.4. The number of nitrogens with two attached hydrogens (primary N) is 1. The molecule has 0 fully saturated rings. The van der Waals surface area contributed by atoms with Gasteiger partial charge in [-0.25, -0.2) is 8.42 Å². The molecule has 1 aromatic heterocycles. The molecule has 6 nitrogen and oxygen atoms in total. The smallest absolute Gasteiger partial charge is 0.246 e. The van der Waals surface area contributed by atoms with Crippen LogP contribution in [0.2, 0.25) is 0 Å². The van der Waals surface area contributed by atoms with Crippen molar-refractivity contribution >= 4 is 10.0 Å². The van der Waals surface area contributed by atoms with Crippen LogP contribution in [0.1, 0.15) is 18.4 Å². The van der Waals surface area contributed by atoms with Gasteiger partial charge in [0.05, 0.1) is 13.2 Å². The molecule has 104 valence electrons. The number of rotatable bonds is 6. The van der Waals surface area contributed by atoms with Crippen LogP contribution in [0.3, 0.4) is 0 Å². The first kappa shape index (κ1) is 15.2. The average Bonchev–Trinajstić information content (AvgIpc) is 2.70. The minimum atomic E-state index is -3.58. The van der Waals surface area contributed by atoms with Crippen molar-refractivity contribution in [2.24, 2.45) is 5.73 Å². The highest BCUT2D eigenvalue weighted by Crippen LogP contribution is 2.23. The molecule has 1 unspecified atom stereocenters. The summed E-state index contributed by atoms with van der Waals surface area (Å²) in [7, 11) is -0.521. The van der Waals surface area contributed by atoms with Crippen LogP contribution < -0.4 is 5.73 Å². The fraction of sp³-hybridized carbons (Fsp3) is 0.636. The Morgan fingerprint density at radius 2 is 2.17 bits per heavy atom. The Morgan fingerprint density at radius 3 is 2.61 bits per heavy atom. The van der Waals surface area contributed by atoms with Crippen molar-refractivity contribution in [1.82, 2.24) is 4.31 Å². The van der Waals surface area contributed by atoms with Crippen molar-refractivity contribution in [3.8, 4) is 0 Å². The second-order valence-electron chi connectivity index (χ2n) is 4.16. The van der Waals surface area contributed by atoms with E-state index in [-0.39, 0.29) is 17.5 Å². The summed E-state index contributed by atoms with van der Waals surface area (Å²) in [5.74, 6) is 0.811. The molecule has 18 heavy (non-hydrogen) atoms. The number of sulfonamides is 1. The van der Waals surface area contributed by atoms with Gasteiger partial charge in [-0.3, -0.25) is 0 Å². The third-order valence-electron chi connectivity index (χ3n) is 2.81. The molecule has 0 amide bonds. The topological polar surface area (TPSA) is 85.8 Å². The summed E-state index contributed by atoms with van der Waals surface area (Å²) in [6.45, 7) is 3.89. The number of aryl methyl sites for hydroxylation is 1. The summed E-state index contributed by atoms with van der Waals surface area (Å²) in [4.78, 5) is 0.161. The monoisotopic (exact) mass is 276 g/mol. The Bertz CT molecular complexity index is 495. The van der Waals surface area contributed by atoms with Crippen LogP contribution in [0, 0.1) is 6.92 Å². The molecular weight excluding hydrogens is 256 g/mol. The van der Waals surface area contributed by atoms with Gasteiger partial charge >= 0.3 is 0 Å². The van der Waals surface area contributed by atoms with Gasteiger partial charge in [0.2, 0.25) is 10.0 Å². The van der Waals surface area contributed by atoms with Gasteiger partial charge in [0.1, 0.15) is 16.4 Å². The van der Waals surface area contributed by atoms with Crippen molar-refractivity contribution in [3.63, 3.8) is 0 Å². The Morgan fingerprint density at radius 1 is 1.56 bits per heavy atom. The largest absolute Gasteiger partial charge is 0.464 e. The first-order valence-electron chi connectivity index (χ1n) is 5.61. The van der Waals surface area contributed by atoms with Gasteiger partial charge in [0.15, 0.2) is 0 Å². The van der Waals surface area contributed by atoms with E-state index in [0.717, 1.165) is 0 Å². The molecule has 0 bridgehead atoms. The summed E-state index contributed by atoms with van der Waals surface area (Å²) in [5, 5.41) is 0. The van der Waals surface area contributed by atoms with E-state index in [2.05, 4.69) is 0 Å². The van der Waals surface area contributed by atoms with E-state index in [1.54, 1.807) is 13.8 Å². The molecule has 0 aliphatic heterocycles. The number of furan rings is 1. The molecule has 7 heteroatoms. The van der Waals surface area contributed by atoms with Crippen LogP contribution in [0.15, 0.2) is 15.4 Å². The molecule has 1 rings (SSSR count). The number of nitrogens with zero attached hydrogens (tertiary/aromatic N) is 1. The van der Waals surface area contributed by atoms with Crippen molar-refractivity contribution in [2.75, 3.05) is 20.8 Å². The van der Waals surface area contributed by atoms with Crippen LogP contribution in [0.5, 0.6) is 0 Å². The van der Waals surface area contributed by atoms with E-state index >= 15 is 0 Å². The van der Waals surface area contributed by atoms with E-state index in [4.69, 9.17) is 14.9 Å². The molecule has 1 aromatic rings. The van der Waals surface area contributed by atoms with Crippen molar-refractivity contribution in [2.45, 2.75) is 31.3 Å². The lowest BCUT2D eigenvalue weighted by Gasteiger charge is -2.23. The fourth-order valence-electron chi connectivity index (χ4n) is 1.62. The number of hydrogen-bond donors (Lipinski definition) is 1. The Labute approximate surface area is 108 Å². The second kappa shape index (κ2) is 5.83. The minimum absolute atomic E-state index is 0.161. The zero-order valence-corrected chi connectivity index (χ0v) is 12.0. The summed E-state index contributed by atoms with van der Waals surface area (Å²) in [6, 6.07) is 1.22. The molecule has 0 saturated carbocycles. The number of methoxy groups -OCH3 is 1. The quantitative estimate of drug-likeness (QED) is 0.826. The molecule has 0 aliphatic rings. The van der Waals surface area contributed by atoms with E-state index in [1.807, 2.05) is 0 Å². The SMILES string of the molecule is COCC(C)N(C)S(=O)(=O)c1cc(CN)oc1C. The van der Waals surface area contributed by atoms with Crippen molar-refractivity contribution in [3.05, 3.63) is 17.6 Å². The summed E-state index contributed by atoms with van der Waals surface area (Å²) in [5.41, 5.74) is 5.44. The van der Waals surface area contributed by atoms with Gasteiger partial charge in [-0.1, -0.05) is 0 Å². The van der Waals surface area contributed by atoms with E-state index in [1.165, 1.54) is 24.5 Å². The minimum Gasteiger partial charge on any atom is -0.464 e. The Balaban J connectivity index is 3.08. The highest BCUT2D eigenvalue weighted by Gasteiger charge is 2.29. The van der Waals surface area contributed by atoms with Gasteiger partial charge in [0.25, 0.3) is 0 Å². The van der Waals surface area contributed by atoms with Crippen LogP contribution in [-0.4, -0.2) is 39.5 Å². The maximum absolute atomic E-state index is 12.4. The summed E-state index contributed by atoms with van der Waals surface area (Å²) < 4.78 is 36.2. The molecule has 0 aromatic carbocycles. The summed E-state index contributed by atoms with van der Waals surface area (Å²) in [6.07, 6.45) is 0. The maximum atomic E-state index is 12.4. The van der Waals surface area contributed by atoms with Crippen LogP contribution in [-0.2, 0) is 21.3 Å². The predicted octanol–water partition coefficient (Wildman–Crippen LogP) is 0.702. The predicted molar refractivity (Wildman–Crippen MR) is 67.6 cm³/mol. The number of likely N-dealkylation sites (N-methyl/N-ethyl adjacent to an activating group) is 1. The Kier molecular flexibility index (Phi) is 4.92. The maximum Gasteiger partial charge on any atom is 0.246 e. The third kappa shape index (κ3) is 2.92. The standard InChI is InChI=1S/C11H20N2O4S/c1-8(7-16-4)13(3)18(14,15)11-5-10(6-12)17-9(11)2/h5,8H,6-7,12H2,1-4H3. The molecular formula is C11H20N2O4S. The lowest BCUT2D eigenvalue weighted by Crippen LogP contribution is -2.37. The van der Waals surface area contributed by atoms with Crippen molar-refractivity contribution in [1.29, 1.82) is 0 Å². The highest BCUT2D eigenvalue weighted by molar-refractivity contribution is 7.89. The Hall–Kier alpha value is -0.890. The fourth-order valence-corrected chi connectivity index (χ4v) is 3.15. The molecule has 0 aliphatic carbocycles. The zero-order chi connectivity index (χ0) is 13.9. The van der Waals surface area contributed by atoms with Gasteiger partial charge in [-0.2, -0.15) is 4.31 Å². The lowest BCUT2D eigenvalue weighted by molar-refractivity contribution is 0.149. The first-order chi connectivity index (χ1) is 8.34. The summed E-state index contributed by atoms with van der Waals surface area (Å²) >= 11 is 0. The average molecular weight is 276 g/mol. The number of ether oxygens (including phenoxy) is 1. The normalized spacial score (nSPS) is 14.1. The first-order valence-corrected chi connectivity index (χ1v) is 7.05. The van der Waals surface area contributed by atoms with Gasteiger partial charge < -0.3 is 14.9 Å². The van der Waals surface area contributed by atoms with Crippen LogP contribution >= 0.6 is 0 Å². The molecule has 0 saturated heterocycles. The third-order valence-corrected chi connectivity index (χ3v) is 4.89. The zero-order valence-electron chi connectivity index (χ0n) is 11.1. The van der Waals surface area contributed by atoms with Gasteiger partial charge in [-0.15, -0.1) is 0 Å². The van der Waals surface area contributed by atoms with Crippen molar-refractivity contribution < 1.29 is 17.6 Å². The van der Waals surface area contributed by atoms with E-state index < -0.39 is 10.0 Å². The highest BCUT2D eigenvalue weighted by atomic mass is 32.2. The molecule has 1 heterocycles. The van der Waals surface area contributed by atoms with E-state index in [9.17, 15) is 8.42 Å².